The number of carbonyl (C=O) groups excluding carboxylic acids is 1. The van der Waals surface area contributed by atoms with E-state index in [-0.39, 0.29) is 11.3 Å². The van der Waals surface area contributed by atoms with Gasteiger partial charge in [-0.3, -0.25) is 4.79 Å². The molecule has 0 aliphatic carbocycles. The van der Waals surface area contributed by atoms with Crippen LogP contribution in [0.15, 0.2) is 42.5 Å². The molecule has 0 saturated carbocycles. The standard InChI is InChI=1S/C25H34FNOSi/c1-16(2)29(17(3)4,18(5)6)27-19(7)15-22-20(12-10-14-24(22)27)25(28)21-11-8-9-13-23(21)26/h8-14,16-19H,15H2,1-7H3/t19-/m0/s1. The third-order valence-electron chi connectivity index (χ3n) is 6.91. The number of benzene rings is 2. The van der Waals surface area contributed by atoms with E-state index in [2.05, 4.69) is 59.1 Å². The van der Waals surface area contributed by atoms with Crippen LogP contribution >= 0.6 is 0 Å². The topological polar surface area (TPSA) is 20.3 Å². The average molecular weight is 412 g/mol. The summed E-state index contributed by atoms with van der Waals surface area (Å²) in [7, 11) is -1.91. The normalized spacial score (nSPS) is 16.8. The van der Waals surface area contributed by atoms with Gasteiger partial charge in [-0.1, -0.05) is 65.8 Å². The summed E-state index contributed by atoms with van der Waals surface area (Å²) in [5.41, 5.74) is 4.85. The maximum atomic E-state index is 14.3. The molecule has 1 atom stereocenters. The van der Waals surface area contributed by atoms with E-state index in [4.69, 9.17) is 0 Å². The van der Waals surface area contributed by atoms with Gasteiger partial charge in [-0.25, -0.2) is 4.39 Å². The minimum absolute atomic E-state index is 0.159. The maximum absolute atomic E-state index is 14.3. The average Bonchev–Trinajstić information content (AvgIpc) is 2.98. The molecule has 0 radical (unpaired) electrons. The molecule has 29 heavy (non-hydrogen) atoms. The molecule has 0 fully saturated rings. The molecule has 0 aromatic heterocycles. The molecule has 1 heterocycles. The molecule has 4 heteroatoms. The van der Waals surface area contributed by atoms with Gasteiger partial charge in [0.25, 0.3) is 0 Å². The van der Waals surface area contributed by atoms with Crippen LogP contribution in [0.2, 0.25) is 16.6 Å². The van der Waals surface area contributed by atoms with E-state index in [1.807, 2.05) is 12.1 Å². The van der Waals surface area contributed by atoms with E-state index in [1.165, 1.54) is 11.8 Å². The zero-order chi connectivity index (χ0) is 21.5. The van der Waals surface area contributed by atoms with Crippen LogP contribution < -0.4 is 4.57 Å². The van der Waals surface area contributed by atoms with Crippen LogP contribution in [0.25, 0.3) is 0 Å². The first kappa shape index (κ1) is 21.8. The van der Waals surface area contributed by atoms with Gasteiger partial charge in [0.1, 0.15) is 5.82 Å². The number of hydrogen-bond donors (Lipinski definition) is 0. The number of anilines is 1. The molecule has 0 saturated heterocycles. The van der Waals surface area contributed by atoms with Crippen molar-refractivity contribution >= 4 is 19.7 Å². The fourth-order valence-corrected chi connectivity index (χ4v) is 13.2. The van der Waals surface area contributed by atoms with Crippen LogP contribution in [0.1, 0.15) is 70.0 Å². The zero-order valence-electron chi connectivity index (χ0n) is 18.8. The summed E-state index contributed by atoms with van der Waals surface area (Å²) in [6.07, 6.45) is 0.840. The molecular weight excluding hydrogens is 377 g/mol. The Hall–Kier alpha value is -1.94. The Kier molecular flexibility index (Phi) is 6.05. The highest BCUT2D eigenvalue weighted by Gasteiger charge is 2.52. The van der Waals surface area contributed by atoms with E-state index in [0.29, 0.717) is 28.2 Å². The van der Waals surface area contributed by atoms with Crippen molar-refractivity contribution in [1.82, 2.24) is 0 Å². The lowest BCUT2D eigenvalue weighted by Crippen LogP contribution is -2.62. The summed E-state index contributed by atoms with van der Waals surface area (Å²) >= 11 is 0. The minimum atomic E-state index is -1.91. The Bertz CT molecular complexity index is 884. The van der Waals surface area contributed by atoms with Gasteiger partial charge in [0, 0.05) is 17.3 Å². The van der Waals surface area contributed by atoms with Crippen molar-refractivity contribution in [2.24, 2.45) is 0 Å². The largest absolute Gasteiger partial charge is 0.394 e. The smallest absolute Gasteiger partial charge is 0.196 e. The van der Waals surface area contributed by atoms with Gasteiger partial charge < -0.3 is 4.57 Å². The molecule has 156 valence electrons. The molecule has 0 amide bonds. The summed E-state index contributed by atoms with van der Waals surface area (Å²) in [6, 6.07) is 12.7. The SMILES string of the molecule is CC(C)[Si](C(C)C)(C(C)C)N1c2cccc(C(=O)c3ccccc3F)c2C[C@@H]1C. The van der Waals surface area contributed by atoms with Gasteiger partial charge in [0.05, 0.1) is 5.56 Å². The Balaban J connectivity index is 2.17. The summed E-state index contributed by atoms with van der Waals surface area (Å²) in [5.74, 6) is -0.659. The predicted octanol–water partition coefficient (Wildman–Crippen LogP) is 6.98. The summed E-state index contributed by atoms with van der Waals surface area (Å²) < 4.78 is 17.0. The maximum Gasteiger partial charge on any atom is 0.196 e. The van der Waals surface area contributed by atoms with Crippen molar-refractivity contribution in [3.8, 4) is 0 Å². The predicted molar refractivity (Wildman–Crippen MR) is 123 cm³/mol. The van der Waals surface area contributed by atoms with Gasteiger partial charge >= 0.3 is 0 Å². The Morgan fingerprint density at radius 1 is 0.931 bits per heavy atom. The van der Waals surface area contributed by atoms with E-state index in [1.54, 1.807) is 18.2 Å². The van der Waals surface area contributed by atoms with Crippen LogP contribution in [0.5, 0.6) is 0 Å². The molecule has 0 unspecified atom stereocenters. The van der Waals surface area contributed by atoms with Crippen molar-refractivity contribution < 1.29 is 9.18 Å². The molecular formula is C25H34FNOSi. The number of rotatable bonds is 6. The molecule has 2 aromatic carbocycles. The van der Waals surface area contributed by atoms with Crippen LogP contribution in [0.3, 0.4) is 0 Å². The minimum Gasteiger partial charge on any atom is -0.394 e. The molecule has 1 aliphatic heterocycles. The molecule has 1 aliphatic rings. The first-order valence-electron chi connectivity index (χ1n) is 10.8. The van der Waals surface area contributed by atoms with Crippen molar-refractivity contribution in [1.29, 1.82) is 0 Å². The monoisotopic (exact) mass is 411 g/mol. The van der Waals surface area contributed by atoms with E-state index in [0.717, 1.165) is 12.0 Å². The van der Waals surface area contributed by atoms with E-state index >= 15 is 0 Å². The summed E-state index contributed by atoms with van der Waals surface area (Å²) in [4.78, 5) is 13.2. The second kappa shape index (κ2) is 8.06. The third-order valence-corrected chi connectivity index (χ3v) is 14.0. The lowest BCUT2D eigenvalue weighted by molar-refractivity contribution is 0.103. The Morgan fingerprint density at radius 3 is 2.03 bits per heavy atom. The van der Waals surface area contributed by atoms with Gasteiger partial charge in [-0.2, -0.15) is 0 Å². The Labute approximate surface area is 176 Å². The second-order valence-electron chi connectivity index (χ2n) is 9.39. The number of nitrogens with zero attached hydrogens (tertiary/aromatic N) is 1. The van der Waals surface area contributed by atoms with E-state index < -0.39 is 14.1 Å². The van der Waals surface area contributed by atoms with Gasteiger partial charge in [0.2, 0.25) is 0 Å². The highest BCUT2D eigenvalue weighted by Crippen LogP contribution is 2.50. The third kappa shape index (κ3) is 3.35. The summed E-state index contributed by atoms with van der Waals surface area (Å²) in [6.45, 7) is 16.5. The van der Waals surface area contributed by atoms with Crippen molar-refractivity contribution in [3.63, 3.8) is 0 Å². The molecule has 0 spiro atoms. The Morgan fingerprint density at radius 2 is 1.48 bits per heavy atom. The van der Waals surface area contributed by atoms with Crippen LogP contribution in [0.4, 0.5) is 10.1 Å². The van der Waals surface area contributed by atoms with Crippen LogP contribution in [-0.4, -0.2) is 20.1 Å². The van der Waals surface area contributed by atoms with Gasteiger partial charge in [-0.05, 0) is 53.7 Å². The fraction of sp³-hybridized carbons (Fsp3) is 0.480. The number of fused-ring (bicyclic) bond motifs is 1. The highest BCUT2D eigenvalue weighted by molar-refractivity contribution is 6.87. The molecule has 2 aromatic rings. The van der Waals surface area contributed by atoms with E-state index in [9.17, 15) is 9.18 Å². The van der Waals surface area contributed by atoms with Gasteiger partial charge in [0.15, 0.2) is 14.0 Å². The van der Waals surface area contributed by atoms with Crippen molar-refractivity contribution in [2.75, 3.05) is 4.57 Å². The lowest BCUT2D eigenvalue weighted by Gasteiger charge is -2.53. The van der Waals surface area contributed by atoms with Crippen LogP contribution in [0, 0.1) is 5.82 Å². The first-order valence-corrected chi connectivity index (χ1v) is 13.0. The summed E-state index contributed by atoms with van der Waals surface area (Å²) in [5, 5.41) is 0. The zero-order valence-corrected chi connectivity index (χ0v) is 19.8. The fourth-order valence-electron chi connectivity index (χ4n) is 6.07. The van der Waals surface area contributed by atoms with Gasteiger partial charge in [-0.15, -0.1) is 0 Å². The number of carbonyl (C=O) groups is 1. The molecule has 2 nitrogen and oxygen atoms in total. The lowest BCUT2D eigenvalue weighted by atomic mass is 9.96. The number of halogens is 1. The highest BCUT2D eigenvalue weighted by atomic mass is 28.3. The molecule has 0 bridgehead atoms. The van der Waals surface area contributed by atoms with Crippen molar-refractivity contribution in [2.45, 2.75) is 77.6 Å². The molecule has 0 N–H and O–H groups in total. The molecule has 3 rings (SSSR count). The first-order chi connectivity index (χ1) is 13.6. The second-order valence-corrected chi connectivity index (χ2v) is 15.1. The number of hydrogen-bond acceptors (Lipinski definition) is 2. The van der Waals surface area contributed by atoms with Crippen LogP contribution in [-0.2, 0) is 6.42 Å². The van der Waals surface area contributed by atoms with Crippen molar-refractivity contribution in [3.05, 3.63) is 65.0 Å². The number of ketones is 1. The quantitative estimate of drug-likeness (QED) is 0.377.